The highest BCUT2D eigenvalue weighted by Crippen LogP contribution is 2.42. The number of ether oxygens (including phenoxy) is 1. The molecule has 2 aliphatic carbocycles. The Morgan fingerprint density at radius 1 is 1.35 bits per heavy atom. The predicted octanol–water partition coefficient (Wildman–Crippen LogP) is 2.07. The fourth-order valence-electron chi connectivity index (χ4n) is 3.06. The lowest BCUT2D eigenvalue weighted by Gasteiger charge is -2.24. The minimum Gasteiger partial charge on any atom is -0.481 e. The van der Waals surface area contributed by atoms with Gasteiger partial charge in [0.25, 0.3) is 0 Å². The van der Waals surface area contributed by atoms with Gasteiger partial charge in [-0.3, -0.25) is 4.79 Å². The van der Waals surface area contributed by atoms with Crippen molar-refractivity contribution in [1.29, 1.82) is 0 Å². The highest BCUT2D eigenvalue weighted by atomic mass is 16.5. The second kappa shape index (κ2) is 5.13. The van der Waals surface area contributed by atoms with Gasteiger partial charge in [0.05, 0.1) is 5.92 Å². The van der Waals surface area contributed by atoms with Crippen LogP contribution in [0.2, 0.25) is 0 Å². The van der Waals surface area contributed by atoms with Crippen molar-refractivity contribution in [3.05, 3.63) is 22.8 Å². The van der Waals surface area contributed by atoms with Crippen LogP contribution in [0.5, 0.6) is 0 Å². The van der Waals surface area contributed by atoms with Crippen LogP contribution in [0.25, 0.3) is 0 Å². The van der Waals surface area contributed by atoms with E-state index >= 15 is 0 Å². The molecule has 2 unspecified atom stereocenters. The molecular weight excluding hydrogens is 256 g/mol. The Morgan fingerprint density at radius 3 is 2.70 bits per heavy atom. The van der Waals surface area contributed by atoms with Crippen LogP contribution in [0, 0.1) is 18.8 Å². The summed E-state index contributed by atoms with van der Waals surface area (Å²) in [6.45, 7) is 1.95. The van der Waals surface area contributed by atoms with Gasteiger partial charge in [-0.05, 0) is 50.5 Å². The number of carbonyl (C=O) groups is 1. The lowest BCUT2D eigenvalue weighted by Crippen LogP contribution is -2.25. The fourth-order valence-corrected chi connectivity index (χ4v) is 3.06. The average molecular weight is 276 g/mol. The number of nitrogens with zero attached hydrogens (tertiary/aromatic N) is 2. The minimum absolute atomic E-state index is 0.00352. The lowest BCUT2D eigenvalue weighted by atomic mass is 9.86. The molecule has 0 radical (unpaired) electrons. The molecule has 1 fully saturated rings. The van der Waals surface area contributed by atoms with Gasteiger partial charge < -0.3 is 9.84 Å². The largest absolute Gasteiger partial charge is 0.481 e. The number of hydrogen-bond acceptors (Lipinski definition) is 4. The Kier molecular flexibility index (Phi) is 3.46. The zero-order valence-electron chi connectivity index (χ0n) is 11.9. The maximum Gasteiger partial charge on any atom is 0.306 e. The van der Waals surface area contributed by atoms with Crippen molar-refractivity contribution in [1.82, 2.24) is 9.97 Å². The van der Waals surface area contributed by atoms with Crippen LogP contribution >= 0.6 is 0 Å². The summed E-state index contributed by atoms with van der Waals surface area (Å²) in [5, 5.41) is 9.16. The third-order valence-corrected chi connectivity index (χ3v) is 4.40. The van der Waals surface area contributed by atoms with E-state index in [1.165, 1.54) is 12.8 Å². The summed E-state index contributed by atoms with van der Waals surface area (Å²) in [5.41, 5.74) is 2.96. The summed E-state index contributed by atoms with van der Waals surface area (Å²) in [7, 11) is 1.71. The van der Waals surface area contributed by atoms with Crippen molar-refractivity contribution in [2.45, 2.75) is 45.1 Å². The van der Waals surface area contributed by atoms with E-state index in [1.807, 2.05) is 6.92 Å². The maximum absolute atomic E-state index is 11.1. The van der Waals surface area contributed by atoms with Crippen LogP contribution in [0.1, 0.15) is 48.1 Å². The lowest BCUT2D eigenvalue weighted by molar-refractivity contribution is -0.142. The molecule has 2 atom stereocenters. The molecule has 2 aliphatic rings. The van der Waals surface area contributed by atoms with E-state index in [0.717, 1.165) is 29.2 Å². The maximum atomic E-state index is 11.1. The molecule has 5 nitrogen and oxygen atoms in total. The first-order valence-electron chi connectivity index (χ1n) is 7.22. The molecule has 5 heteroatoms. The smallest absolute Gasteiger partial charge is 0.306 e. The van der Waals surface area contributed by atoms with Gasteiger partial charge in [-0.15, -0.1) is 0 Å². The summed E-state index contributed by atoms with van der Waals surface area (Å²) in [6, 6.07) is 0. The molecule has 0 aliphatic heterocycles. The van der Waals surface area contributed by atoms with Gasteiger partial charge in [0.2, 0.25) is 0 Å². The van der Waals surface area contributed by atoms with E-state index in [0.29, 0.717) is 18.8 Å². The Hall–Kier alpha value is -1.49. The summed E-state index contributed by atoms with van der Waals surface area (Å²) in [6.07, 6.45) is 4.30. The second-order valence-electron chi connectivity index (χ2n) is 5.86. The summed E-state index contributed by atoms with van der Waals surface area (Å²) < 4.78 is 5.55. The Labute approximate surface area is 118 Å². The van der Waals surface area contributed by atoms with E-state index < -0.39 is 5.97 Å². The van der Waals surface area contributed by atoms with Gasteiger partial charge in [0.15, 0.2) is 5.82 Å². The molecule has 1 heterocycles. The zero-order valence-corrected chi connectivity index (χ0v) is 11.9. The van der Waals surface area contributed by atoms with Gasteiger partial charge >= 0.3 is 5.97 Å². The van der Waals surface area contributed by atoms with Crippen molar-refractivity contribution in [2.75, 3.05) is 7.11 Å². The van der Waals surface area contributed by atoms with Crippen molar-refractivity contribution in [3.8, 4) is 0 Å². The molecule has 0 amide bonds. The van der Waals surface area contributed by atoms with Gasteiger partial charge in [-0.2, -0.15) is 0 Å². The molecule has 108 valence electrons. The van der Waals surface area contributed by atoms with E-state index in [4.69, 9.17) is 9.84 Å². The highest BCUT2D eigenvalue weighted by Gasteiger charge is 2.35. The highest BCUT2D eigenvalue weighted by molar-refractivity contribution is 5.71. The van der Waals surface area contributed by atoms with Crippen molar-refractivity contribution >= 4 is 5.97 Å². The fraction of sp³-hybridized carbons (Fsp3) is 0.667. The van der Waals surface area contributed by atoms with Crippen LogP contribution in [-0.4, -0.2) is 28.2 Å². The number of aromatic nitrogens is 2. The molecule has 1 saturated carbocycles. The van der Waals surface area contributed by atoms with E-state index in [9.17, 15) is 4.79 Å². The summed E-state index contributed by atoms with van der Waals surface area (Å²) >= 11 is 0. The molecular formula is C15H20N2O3. The van der Waals surface area contributed by atoms with Crippen LogP contribution in [-0.2, 0) is 22.4 Å². The van der Waals surface area contributed by atoms with Gasteiger partial charge in [0.1, 0.15) is 6.10 Å². The van der Waals surface area contributed by atoms with Crippen molar-refractivity contribution in [3.63, 3.8) is 0 Å². The molecule has 1 N–H and O–H groups in total. The topological polar surface area (TPSA) is 72.3 Å². The molecule has 1 aromatic heterocycles. The quantitative estimate of drug-likeness (QED) is 0.911. The van der Waals surface area contributed by atoms with Gasteiger partial charge in [-0.25, -0.2) is 9.97 Å². The van der Waals surface area contributed by atoms with Crippen LogP contribution in [0.15, 0.2) is 0 Å². The number of aliphatic carboxylic acids is 1. The number of methoxy groups -OCH3 is 1. The number of carboxylic acid groups (broad SMARTS) is 1. The van der Waals surface area contributed by atoms with Gasteiger partial charge in [0, 0.05) is 18.5 Å². The molecule has 0 aromatic carbocycles. The minimum atomic E-state index is -0.716. The zero-order chi connectivity index (χ0) is 14.3. The normalized spacial score (nSPS) is 23.2. The number of rotatable bonds is 4. The number of carboxylic acids is 1. The van der Waals surface area contributed by atoms with E-state index in [-0.39, 0.29) is 12.0 Å². The number of aryl methyl sites for hydroxylation is 2. The first-order valence-corrected chi connectivity index (χ1v) is 7.22. The third-order valence-electron chi connectivity index (χ3n) is 4.40. The first-order chi connectivity index (χ1) is 9.60. The van der Waals surface area contributed by atoms with Crippen molar-refractivity contribution in [2.24, 2.45) is 11.8 Å². The van der Waals surface area contributed by atoms with Crippen LogP contribution < -0.4 is 0 Å². The first kappa shape index (κ1) is 13.5. The molecule has 0 saturated heterocycles. The third kappa shape index (κ3) is 2.42. The number of hydrogen-bond donors (Lipinski definition) is 1. The molecule has 0 spiro atoms. The Bertz CT molecular complexity index is 540. The molecule has 1 aromatic rings. The Morgan fingerprint density at radius 2 is 2.10 bits per heavy atom. The molecule has 20 heavy (non-hydrogen) atoms. The van der Waals surface area contributed by atoms with E-state index in [2.05, 4.69) is 9.97 Å². The molecule has 0 bridgehead atoms. The summed E-state index contributed by atoms with van der Waals surface area (Å²) in [4.78, 5) is 20.4. The summed E-state index contributed by atoms with van der Waals surface area (Å²) in [5.74, 6) is 0.317. The monoisotopic (exact) mass is 276 g/mol. The Balaban J connectivity index is 1.91. The predicted molar refractivity (Wildman–Crippen MR) is 72.4 cm³/mol. The number of fused-ring (bicyclic) bond motifs is 1. The van der Waals surface area contributed by atoms with Gasteiger partial charge in [-0.1, -0.05) is 0 Å². The second-order valence-corrected chi connectivity index (χ2v) is 5.86. The standard InChI is InChI=1S/C15H20N2O3/c1-8-11-7-10(15(18)19)5-6-12(11)17-14(16-8)13(20-2)9-3-4-9/h9-10,13H,3-7H2,1-2H3,(H,18,19). The van der Waals surface area contributed by atoms with Crippen molar-refractivity contribution < 1.29 is 14.6 Å². The van der Waals surface area contributed by atoms with Crippen LogP contribution in [0.4, 0.5) is 0 Å². The van der Waals surface area contributed by atoms with Crippen LogP contribution in [0.3, 0.4) is 0 Å². The average Bonchev–Trinajstić information content (AvgIpc) is 3.24. The van der Waals surface area contributed by atoms with E-state index in [1.54, 1.807) is 7.11 Å². The SMILES string of the molecule is COC(c1nc(C)c2c(n1)CCC(C(=O)O)C2)C1CC1. The molecule has 3 rings (SSSR count).